The van der Waals surface area contributed by atoms with E-state index in [2.05, 4.69) is 10.6 Å². The molecule has 2 amide bonds. The van der Waals surface area contributed by atoms with Gasteiger partial charge in [-0.3, -0.25) is 0 Å². The lowest BCUT2D eigenvalue weighted by molar-refractivity contribution is 0.232. The smallest absolute Gasteiger partial charge is 0.314 e. The van der Waals surface area contributed by atoms with Crippen molar-refractivity contribution in [1.29, 1.82) is 0 Å². The molecule has 0 aliphatic rings. The number of urea groups is 1. The highest BCUT2D eigenvalue weighted by molar-refractivity contribution is 5.73. The fourth-order valence-electron chi connectivity index (χ4n) is 2.63. The molecule has 0 fully saturated rings. The Kier molecular flexibility index (Phi) is 7.41. The Morgan fingerprint density at radius 1 is 1.12 bits per heavy atom. The van der Waals surface area contributed by atoms with Gasteiger partial charge in [0.05, 0.1) is 0 Å². The maximum atomic E-state index is 13.5. The van der Waals surface area contributed by atoms with Gasteiger partial charge >= 0.3 is 6.03 Å². The molecule has 2 aromatic carbocycles. The van der Waals surface area contributed by atoms with Crippen molar-refractivity contribution in [2.24, 2.45) is 0 Å². The van der Waals surface area contributed by atoms with Crippen molar-refractivity contribution in [1.82, 2.24) is 15.5 Å². The van der Waals surface area contributed by atoms with E-state index in [1.54, 1.807) is 30.3 Å². The van der Waals surface area contributed by atoms with Gasteiger partial charge in [0, 0.05) is 19.1 Å². The first-order valence-corrected chi connectivity index (χ1v) is 8.65. The normalized spacial score (nSPS) is 12.0. The molecule has 0 aromatic heterocycles. The number of carbonyl (C=O) groups is 1. The molecule has 2 rings (SSSR count). The highest BCUT2D eigenvalue weighted by atomic mass is 19.1. The maximum Gasteiger partial charge on any atom is 0.314 e. The minimum absolute atomic E-state index is 0.122. The third-order valence-corrected chi connectivity index (χ3v) is 4.27. The molecule has 5 nitrogen and oxygen atoms in total. The van der Waals surface area contributed by atoms with Crippen LogP contribution in [0, 0.1) is 5.82 Å². The van der Waals surface area contributed by atoms with E-state index < -0.39 is 0 Å². The average molecular weight is 359 g/mol. The van der Waals surface area contributed by atoms with Crippen LogP contribution in [0.25, 0.3) is 0 Å². The number of carbonyl (C=O) groups excluding carboxylic acids is 1. The SMILES string of the molecule is CN(C)C(CNC(=O)NCCc1ccccc1F)Cc1ccc(O)cc1. The zero-order chi connectivity index (χ0) is 18.9. The van der Waals surface area contributed by atoms with E-state index in [1.807, 2.05) is 31.1 Å². The standard InChI is InChI=1S/C20H26FN3O2/c1-24(2)17(13-15-7-9-18(25)10-8-15)14-23-20(26)22-12-11-16-5-3-4-6-19(16)21/h3-10,17,25H,11-14H2,1-2H3,(H2,22,23,26). The number of likely N-dealkylation sites (N-methyl/N-ethyl adjacent to an activating group) is 1. The van der Waals surface area contributed by atoms with E-state index in [0.717, 1.165) is 12.0 Å². The second-order valence-electron chi connectivity index (χ2n) is 6.47. The molecule has 0 bridgehead atoms. The first-order valence-electron chi connectivity index (χ1n) is 8.65. The fourth-order valence-corrected chi connectivity index (χ4v) is 2.63. The molecule has 140 valence electrons. The number of nitrogens with zero attached hydrogens (tertiary/aromatic N) is 1. The van der Waals surface area contributed by atoms with E-state index in [9.17, 15) is 14.3 Å². The van der Waals surface area contributed by atoms with Gasteiger partial charge in [-0.2, -0.15) is 0 Å². The molecule has 0 spiro atoms. The van der Waals surface area contributed by atoms with Gasteiger partial charge in [0.1, 0.15) is 11.6 Å². The largest absolute Gasteiger partial charge is 0.508 e. The number of nitrogens with one attached hydrogen (secondary N) is 2. The first kappa shape index (κ1) is 19.7. The first-order chi connectivity index (χ1) is 12.5. The van der Waals surface area contributed by atoms with Gasteiger partial charge in [0.2, 0.25) is 0 Å². The number of hydrogen-bond donors (Lipinski definition) is 3. The van der Waals surface area contributed by atoms with Crippen LogP contribution in [0.1, 0.15) is 11.1 Å². The van der Waals surface area contributed by atoms with Gasteiger partial charge in [-0.15, -0.1) is 0 Å². The highest BCUT2D eigenvalue weighted by Crippen LogP contribution is 2.12. The Hall–Kier alpha value is -2.60. The Balaban J connectivity index is 1.76. The van der Waals surface area contributed by atoms with E-state index in [0.29, 0.717) is 25.1 Å². The summed E-state index contributed by atoms with van der Waals surface area (Å²) in [5, 5.41) is 15.0. The summed E-state index contributed by atoms with van der Waals surface area (Å²) in [6.07, 6.45) is 1.20. The predicted octanol–water partition coefficient (Wildman–Crippen LogP) is 2.55. The van der Waals surface area contributed by atoms with Gasteiger partial charge in [-0.25, -0.2) is 9.18 Å². The number of phenolic OH excluding ortho intramolecular Hbond substituents is 1. The summed E-state index contributed by atoms with van der Waals surface area (Å²) < 4.78 is 13.5. The van der Waals surface area contributed by atoms with Crippen molar-refractivity contribution in [3.05, 3.63) is 65.5 Å². The Bertz CT molecular complexity index is 704. The maximum absolute atomic E-state index is 13.5. The molecule has 3 N–H and O–H groups in total. The molecule has 1 atom stereocenters. The zero-order valence-corrected chi connectivity index (χ0v) is 15.2. The van der Waals surface area contributed by atoms with E-state index in [4.69, 9.17) is 0 Å². The van der Waals surface area contributed by atoms with Crippen LogP contribution in [0.3, 0.4) is 0 Å². The van der Waals surface area contributed by atoms with Gasteiger partial charge < -0.3 is 20.6 Å². The molecule has 0 saturated carbocycles. The monoisotopic (exact) mass is 359 g/mol. The number of phenols is 1. The van der Waals surface area contributed by atoms with Gasteiger partial charge in [0.15, 0.2) is 0 Å². The molecule has 2 aromatic rings. The summed E-state index contributed by atoms with van der Waals surface area (Å²) in [5.74, 6) is -0.0150. The summed E-state index contributed by atoms with van der Waals surface area (Å²) in [7, 11) is 3.92. The van der Waals surface area contributed by atoms with Crippen LogP contribution < -0.4 is 10.6 Å². The number of halogens is 1. The molecule has 0 aliphatic carbocycles. The summed E-state index contributed by atoms with van der Waals surface area (Å²) in [5.41, 5.74) is 1.68. The van der Waals surface area contributed by atoms with Crippen molar-refractivity contribution in [2.45, 2.75) is 18.9 Å². The number of aromatic hydroxyl groups is 1. The van der Waals surface area contributed by atoms with Crippen molar-refractivity contribution in [3.63, 3.8) is 0 Å². The molecular weight excluding hydrogens is 333 g/mol. The predicted molar refractivity (Wildman–Crippen MR) is 101 cm³/mol. The van der Waals surface area contributed by atoms with E-state index in [1.165, 1.54) is 6.07 Å². The second kappa shape index (κ2) is 9.77. The van der Waals surface area contributed by atoms with Crippen molar-refractivity contribution < 1.29 is 14.3 Å². The zero-order valence-electron chi connectivity index (χ0n) is 15.2. The molecule has 26 heavy (non-hydrogen) atoms. The van der Waals surface area contributed by atoms with Crippen molar-refractivity contribution in [3.8, 4) is 5.75 Å². The Morgan fingerprint density at radius 2 is 1.81 bits per heavy atom. The number of amides is 2. The van der Waals surface area contributed by atoms with Crippen LogP contribution >= 0.6 is 0 Å². The lowest BCUT2D eigenvalue weighted by Crippen LogP contribution is -2.45. The molecule has 0 radical (unpaired) electrons. The van der Waals surface area contributed by atoms with Gasteiger partial charge in [-0.05, 0) is 56.3 Å². The van der Waals surface area contributed by atoms with Crippen LogP contribution in [-0.2, 0) is 12.8 Å². The van der Waals surface area contributed by atoms with Crippen LogP contribution in [0.5, 0.6) is 5.75 Å². The Morgan fingerprint density at radius 3 is 2.46 bits per heavy atom. The molecule has 6 heteroatoms. The minimum atomic E-state index is -0.265. The van der Waals surface area contributed by atoms with Crippen LogP contribution in [0.4, 0.5) is 9.18 Å². The van der Waals surface area contributed by atoms with Crippen LogP contribution in [0.15, 0.2) is 48.5 Å². The molecule has 0 aliphatic heterocycles. The Labute approximate surface area is 153 Å². The fraction of sp³-hybridized carbons (Fsp3) is 0.350. The molecule has 0 saturated heterocycles. The highest BCUT2D eigenvalue weighted by Gasteiger charge is 2.14. The average Bonchev–Trinajstić information content (AvgIpc) is 2.61. The van der Waals surface area contributed by atoms with Gasteiger partial charge in [-0.1, -0.05) is 30.3 Å². The summed E-state index contributed by atoms with van der Waals surface area (Å²) in [6, 6.07) is 13.5. The number of rotatable bonds is 8. The topological polar surface area (TPSA) is 64.6 Å². The number of hydrogen-bond acceptors (Lipinski definition) is 3. The van der Waals surface area contributed by atoms with Crippen molar-refractivity contribution >= 4 is 6.03 Å². The van der Waals surface area contributed by atoms with Crippen LogP contribution in [0.2, 0.25) is 0 Å². The number of benzene rings is 2. The third-order valence-electron chi connectivity index (χ3n) is 4.27. The molecule has 0 heterocycles. The van der Waals surface area contributed by atoms with E-state index >= 15 is 0 Å². The van der Waals surface area contributed by atoms with E-state index in [-0.39, 0.29) is 23.6 Å². The van der Waals surface area contributed by atoms with Crippen LogP contribution in [-0.4, -0.2) is 49.3 Å². The van der Waals surface area contributed by atoms with Gasteiger partial charge in [0.25, 0.3) is 0 Å². The molecular formula is C20H26FN3O2. The summed E-state index contributed by atoms with van der Waals surface area (Å²) >= 11 is 0. The minimum Gasteiger partial charge on any atom is -0.508 e. The lowest BCUT2D eigenvalue weighted by atomic mass is 10.1. The lowest BCUT2D eigenvalue weighted by Gasteiger charge is -2.25. The van der Waals surface area contributed by atoms with Crippen molar-refractivity contribution in [2.75, 3.05) is 27.2 Å². The summed E-state index contributed by atoms with van der Waals surface area (Å²) in [4.78, 5) is 14.0. The summed E-state index contributed by atoms with van der Waals surface area (Å²) in [6.45, 7) is 0.858. The molecule has 1 unspecified atom stereocenters. The second-order valence-corrected chi connectivity index (χ2v) is 6.47. The quantitative estimate of drug-likeness (QED) is 0.679. The third kappa shape index (κ3) is 6.37.